The molecule has 0 aliphatic heterocycles. The molecule has 2 fully saturated rings. The number of halogens is 1. The van der Waals surface area contributed by atoms with Crippen LogP contribution in [0.2, 0.25) is 5.02 Å². The lowest BCUT2D eigenvalue weighted by atomic mass is 9.88. The molecule has 2 bridgehead atoms. The summed E-state index contributed by atoms with van der Waals surface area (Å²) in [6.07, 6.45) is 5.63. The zero-order chi connectivity index (χ0) is 15.0. The third-order valence-electron chi connectivity index (χ3n) is 5.56. The Morgan fingerprint density at radius 1 is 1.38 bits per heavy atom. The molecule has 0 heterocycles. The van der Waals surface area contributed by atoms with Crippen LogP contribution in [0.1, 0.15) is 43.0 Å². The van der Waals surface area contributed by atoms with Crippen LogP contribution in [0.3, 0.4) is 0 Å². The van der Waals surface area contributed by atoms with E-state index in [0.29, 0.717) is 5.02 Å². The van der Waals surface area contributed by atoms with Gasteiger partial charge in [0.1, 0.15) is 0 Å². The summed E-state index contributed by atoms with van der Waals surface area (Å²) in [7, 11) is 2.08. The van der Waals surface area contributed by atoms with Crippen LogP contribution in [0.4, 0.5) is 0 Å². The summed E-state index contributed by atoms with van der Waals surface area (Å²) < 4.78 is 0. The number of fused-ring (bicyclic) bond motifs is 2. The van der Waals surface area contributed by atoms with Gasteiger partial charge in [-0.15, -0.1) is 0 Å². The normalized spacial score (nSPS) is 29.0. The molecule has 21 heavy (non-hydrogen) atoms. The predicted molar refractivity (Wildman–Crippen MR) is 86.8 cm³/mol. The van der Waals surface area contributed by atoms with Gasteiger partial charge in [0.15, 0.2) is 5.78 Å². The maximum atomic E-state index is 12.6. The number of hydrogen-bond acceptors (Lipinski definition) is 2. The zero-order valence-corrected chi connectivity index (χ0v) is 13.6. The van der Waals surface area contributed by atoms with E-state index in [0.717, 1.165) is 29.9 Å². The van der Waals surface area contributed by atoms with Crippen LogP contribution in [0.25, 0.3) is 0 Å². The highest BCUT2D eigenvalue weighted by atomic mass is 35.5. The van der Waals surface area contributed by atoms with Gasteiger partial charge in [0.05, 0.1) is 6.04 Å². The monoisotopic (exact) mass is 305 g/mol. The van der Waals surface area contributed by atoms with Crippen LogP contribution in [-0.4, -0.2) is 30.3 Å². The van der Waals surface area contributed by atoms with E-state index in [1.54, 1.807) is 6.07 Å². The molecular weight excluding hydrogens is 282 g/mol. The molecule has 4 unspecified atom stereocenters. The molecule has 1 aromatic carbocycles. The molecule has 0 saturated heterocycles. The van der Waals surface area contributed by atoms with Crippen LogP contribution in [0, 0.1) is 17.8 Å². The van der Waals surface area contributed by atoms with E-state index in [4.69, 9.17) is 11.6 Å². The summed E-state index contributed by atoms with van der Waals surface area (Å²) in [5.74, 6) is 2.84. The van der Waals surface area contributed by atoms with E-state index in [2.05, 4.69) is 11.9 Å². The highest BCUT2D eigenvalue weighted by Gasteiger charge is 2.40. The summed E-state index contributed by atoms with van der Waals surface area (Å²) in [6.45, 7) is 3.06. The fourth-order valence-corrected chi connectivity index (χ4v) is 4.40. The van der Waals surface area contributed by atoms with Gasteiger partial charge in [-0.2, -0.15) is 0 Å². The largest absolute Gasteiger partial charge is 0.296 e. The van der Waals surface area contributed by atoms with Gasteiger partial charge in [-0.25, -0.2) is 0 Å². The van der Waals surface area contributed by atoms with Crippen LogP contribution in [-0.2, 0) is 0 Å². The second-order valence-electron chi connectivity index (χ2n) is 6.93. The minimum atomic E-state index is -0.0809. The number of hydrogen-bond donors (Lipinski definition) is 0. The topological polar surface area (TPSA) is 20.3 Å². The van der Waals surface area contributed by atoms with Gasteiger partial charge in [0.25, 0.3) is 0 Å². The van der Waals surface area contributed by atoms with Crippen LogP contribution in [0.15, 0.2) is 24.3 Å². The summed E-state index contributed by atoms with van der Waals surface area (Å²) >= 11 is 5.99. The standard InChI is InChI=1S/C18H24ClNO/c1-12(18(21)15-4-3-5-17(19)10-15)20(2)11-16-9-13-6-7-14(16)8-13/h3-5,10,12-14,16H,6-9,11H2,1-2H3. The highest BCUT2D eigenvalue weighted by molar-refractivity contribution is 6.31. The van der Waals surface area contributed by atoms with Crippen LogP contribution in [0.5, 0.6) is 0 Å². The summed E-state index contributed by atoms with van der Waals surface area (Å²) in [5, 5.41) is 0.629. The van der Waals surface area contributed by atoms with Crippen molar-refractivity contribution in [3.05, 3.63) is 34.9 Å². The van der Waals surface area contributed by atoms with Gasteiger partial charge < -0.3 is 0 Å². The Hall–Kier alpha value is -0.860. The lowest BCUT2D eigenvalue weighted by Gasteiger charge is -2.30. The van der Waals surface area contributed by atoms with Crippen molar-refractivity contribution in [3.63, 3.8) is 0 Å². The third kappa shape index (κ3) is 3.17. The molecule has 4 atom stereocenters. The molecule has 0 amide bonds. The number of benzene rings is 1. The maximum absolute atomic E-state index is 12.6. The van der Waals surface area contributed by atoms with Crippen molar-refractivity contribution in [1.29, 1.82) is 0 Å². The van der Waals surface area contributed by atoms with Gasteiger partial charge in [-0.1, -0.05) is 30.2 Å². The first-order valence-corrected chi connectivity index (χ1v) is 8.42. The van der Waals surface area contributed by atoms with E-state index < -0.39 is 0 Å². The van der Waals surface area contributed by atoms with E-state index >= 15 is 0 Å². The molecule has 3 rings (SSSR count). The number of likely N-dealkylation sites (N-methyl/N-ethyl adjacent to an activating group) is 1. The number of rotatable bonds is 5. The molecule has 1 aromatic rings. The Kier molecular flexibility index (Phi) is 4.37. The predicted octanol–water partition coefficient (Wildman–Crippen LogP) is 4.28. The lowest BCUT2D eigenvalue weighted by Crippen LogP contribution is -2.40. The minimum absolute atomic E-state index is 0.0809. The summed E-state index contributed by atoms with van der Waals surface area (Å²) in [4.78, 5) is 14.8. The highest BCUT2D eigenvalue weighted by Crippen LogP contribution is 2.48. The SMILES string of the molecule is CC(C(=O)c1cccc(Cl)c1)N(C)CC1CC2CCC1C2. The molecule has 3 heteroatoms. The van der Waals surface area contributed by atoms with Crippen molar-refractivity contribution in [2.45, 2.75) is 38.6 Å². The fourth-order valence-electron chi connectivity index (χ4n) is 4.21. The Morgan fingerprint density at radius 2 is 2.19 bits per heavy atom. The van der Waals surface area contributed by atoms with E-state index in [1.165, 1.54) is 25.7 Å². The second kappa shape index (κ2) is 6.10. The van der Waals surface area contributed by atoms with Crippen molar-refractivity contribution >= 4 is 17.4 Å². The molecule has 114 valence electrons. The van der Waals surface area contributed by atoms with Crippen LogP contribution < -0.4 is 0 Å². The third-order valence-corrected chi connectivity index (χ3v) is 5.79. The van der Waals surface area contributed by atoms with Gasteiger partial charge in [-0.3, -0.25) is 9.69 Å². The van der Waals surface area contributed by atoms with Gasteiger partial charge >= 0.3 is 0 Å². The first kappa shape index (κ1) is 15.1. The average molecular weight is 306 g/mol. The Morgan fingerprint density at radius 3 is 2.81 bits per heavy atom. The number of ketones is 1. The van der Waals surface area contributed by atoms with Crippen molar-refractivity contribution in [2.75, 3.05) is 13.6 Å². The van der Waals surface area contributed by atoms with E-state index in [1.807, 2.05) is 25.1 Å². The number of nitrogens with zero attached hydrogens (tertiary/aromatic N) is 1. The number of Topliss-reactive ketones (excluding diaryl/α,β-unsaturated/α-hetero) is 1. The maximum Gasteiger partial charge on any atom is 0.179 e. The van der Waals surface area contributed by atoms with Gasteiger partial charge in [0.2, 0.25) is 0 Å². The molecule has 0 aromatic heterocycles. The molecule has 0 N–H and O–H groups in total. The first-order chi connectivity index (χ1) is 10.0. The fraction of sp³-hybridized carbons (Fsp3) is 0.611. The molecular formula is C18H24ClNO. The van der Waals surface area contributed by atoms with E-state index in [9.17, 15) is 4.79 Å². The lowest BCUT2D eigenvalue weighted by molar-refractivity contribution is 0.0836. The van der Waals surface area contributed by atoms with Crippen molar-refractivity contribution < 1.29 is 4.79 Å². The molecule has 0 spiro atoms. The van der Waals surface area contributed by atoms with Crippen molar-refractivity contribution in [3.8, 4) is 0 Å². The molecule has 2 aliphatic rings. The summed E-state index contributed by atoms with van der Waals surface area (Å²) in [5.41, 5.74) is 0.717. The quantitative estimate of drug-likeness (QED) is 0.757. The second-order valence-corrected chi connectivity index (χ2v) is 7.36. The molecule has 2 saturated carbocycles. The average Bonchev–Trinajstić information content (AvgIpc) is 3.08. The molecule has 0 radical (unpaired) electrons. The smallest absolute Gasteiger partial charge is 0.179 e. The first-order valence-electron chi connectivity index (χ1n) is 8.04. The Bertz CT molecular complexity index is 530. The number of carbonyl (C=O) groups is 1. The summed E-state index contributed by atoms with van der Waals surface area (Å²) in [6, 6.07) is 7.20. The van der Waals surface area contributed by atoms with Crippen molar-refractivity contribution in [1.82, 2.24) is 4.90 Å². The Labute approximate surface area is 132 Å². The zero-order valence-electron chi connectivity index (χ0n) is 12.9. The molecule has 2 aliphatic carbocycles. The van der Waals surface area contributed by atoms with Gasteiger partial charge in [-0.05, 0) is 63.1 Å². The molecule has 2 nitrogen and oxygen atoms in total. The van der Waals surface area contributed by atoms with E-state index in [-0.39, 0.29) is 11.8 Å². The van der Waals surface area contributed by atoms with Crippen molar-refractivity contribution in [2.24, 2.45) is 17.8 Å². The minimum Gasteiger partial charge on any atom is -0.296 e. The number of carbonyl (C=O) groups excluding carboxylic acids is 1. The van der Waals surface area contributed by atoms with Crippen LogP contribution >= 0.6 is 11.6 Å². The van der Waals surface area contributed by atoms with Gasteiger partial charge in [0, 0.05) is 17.1 Å². The Balaban J connectivity index is 1.61.